The van der Waals surface area contributed by atoms with Crippen LogP contribution in [0, 0.1) is 0 Å². The predicted molar refractivity (Wildman–Crippen MR) is 126 cm³/mol. The van der Waals surface area contributed by atoms with E-state index in [9.17, 15) is 9.90 Å². The minimum absolute atomic E-state index is 0.839. The molecule has 3 heteroatoms. The van der Waals surface area contributed by atoms with Crippen molar-refractivity contribution in [1.29, 1.82) is 0 Å². The van der Waals surface area contributed by atoms with Crippen molar-refractivity contribution in [2.24, 2.45) is 0 Å². The summed E-state index contributed by atoms with van der Waals surface area (Å²) in [6, 6.07) is 26.9. The smallest absolute Gasteiger partial charge is 0.205 e. The Labute approximate surface area is 185 Å². The van der Waals surface area contributed by atoms with Gasteiger partial charge in [0.15, 0.2) is 6.21 Å². The summed E-state index contributed by atoms with van der Waals surface area (Å²) >= 11 is 0. The van der Waals surface area contributed by atoms with Gasteiger partial charge in [0.2, 0.25) is 5.69 Å². The topological polar surface area (TPSA) is 43.1 Å². The summed E-state index contributed by atoms with van der Waals surface area (Å²) in [4.78, 5) is 10.6. The van der Waals surface area contributed by atoms with E-state index in [2.05, 4.69) is 66.2 Å². The monoisotopic (exact) mass is 411 g/mol. The highest BCUT2D eigenvalue weighted by Crippen LogP contribution is 2.20. The number of nitrogens with zero attached hydrogens (tertiary/aromatic N) is 1. The van der Waals surface area contributed by atoms with Crippen molar-refractivity contribution in [3.05, 3.63) is 96.1 Å². The van der Waals surface area contributed by atoms with Crippen LogP contribution in [-0.2, 0) is 4.79 Å². The molecule has 0 N–H and O–H groups in total. The first kappa shape index (κ1) is 22.2. The van der Waals surface area contributed by atoms with Crippen LogP contribution in [0.1, 0.15) is 43.7 Å². The number of unbranched alkanes of at least 4 members (excludes halogenated alkanes) is 3. The van der Waals surface area contributed by atoms with Crippen LogP contribution in [0.4, 0.5) is 5.69 Å². The first-order valence-electron chi connectivity index (χ1n) is 10.9. The maximum absolute atomic E-state index is 10.6. The van der Waals surface area contributed by atoms with E-state index < -0.39 is 5.97 Å². The Kier molecular flexibility index (Phi) is 8.36. The fourth-order valence-electron chi connectivity index (χ4n) is 3.49. The van der Waals surface area contributed by atoms with Gasteiger partial charge in [0.25, 0.3) is 0 Å². The predicted octanol–water partition coefficient (Wildman–Crippen LogP) is 5.46. The first-order valence-corrected chi connectivity index (χ1v) is 10.9. The van der Waals surface area contributed by atoms with Crippen molar-refractivity contribution in [1.82, 2.24) is 0 Å². The van der Waals surface area contributed by atoms with Gasteiger partial charge in [0.1, 0.15) is 6.54 Å². The van der Waals surface area contributed by atoms with E-state index in [1.807, 2.05) is 30.3 Å². The van der Waals surface area contributed by atoms with Crippen molar-refractivity contribution in [3.63, 3.8) is 0 Å². The number of carboxylic acid groups (broad SMARTS) is 1. The highest BCUT2D eigenvalue weighted by molar-refractivity contribution is 5.83. The zero-order chi connectivity index (χ0) is 21.9. The van der Waals surface area contributed by atoms with E-state index >= 15 is 0 Å². The quantitative estimate of drug-likeness (QED) is 0.192. The molecule has 0 amide bonds. The second-order valence-electron chi connectivity index (χ2n) is 7.62. The SMILES string of the molecule is CCCCCC[N+](=Cc1ccc(-c2ccccc2)cc1)c1ccc(C=CC(=O)[O-])cc1. The summed E-state index contributed by atoms with van der Waals surface area (Å²) in [5.41, 5.74) is 5.50. The van der Waals surface area contributed by atoms with Crippen LogP contribution in [0.25, 0.3) is 17.2 Å². The van der Waals surface area contributed by atoms with Crippen molar-refractivity contribution < 1.29 is 14.5 Å². The highest BCUT2D eigenvalue weighted by Gasteiger charge is 2.10. The van der Waals surface area contributed by atoms with Gasteiger partial charge in [-0.25, -0.2) is 0 Å². The van der Waals surface area contributed by atoms with E-state index in [1.165, 1.54) is 30.4 Å². The van der Waals surface area contributed by atoms with Gasteiger partial charge in [-0.05, 0) is 53.5 Å². The first-order chi connectivity index (χ1) is 15.2. The number of hydrogen-bond acceptors (Lipinski definition) is 2. The normalized spacial score (nSPS) is 11.7. The Morgan fingerprint density at radius 1 is 0.806 bits per heavy atom. The fourth-order valence-corrected chi connectivity index (χ4v) is 3.49. The molecule has 0 aromatic heterocycles. The molecular weight excluding hydrogens is 382 g/mol. The average Bonchev–Trinajstić information content (AvgIpc) is 2.81. The van der Waals surface area contributed by atoms with Gasteiger partial charge in [-0.1, -0.05) is 68.3 Å². The van der Waals surface area contributed by atoms with Crippen LogP contribution in [0.2, 0.25) is 0 Å². The van der Waals surface area contributed by atoms with Gasteiger partial charge < -0.3 is 9.90 Å². The molecule has 0 saturated heterocycles. The Balaban J connectivity index is 1.82. The Bertz CT molecular complexity index is 1020. The van der Waals surface area contributed by atoms with Crippen LogP contribution in [0.5, 0.6) is 0 Å². The van der Waals surface area contributed by atoms with Crippen molar-refractivity contribution in [3.8, 4) is 11.1 Å². The van der Waals surface area contributed by atoms with Crippen LogP contribution >= 0.6 is 0 Å². The van der Waals surface area contributed by atoms with Crippen LogP contribution in [0.3, 0.4) is 0 Å². The number of benzene rings is 3. The molecule has 0 atom stereocenters. The summed E-state index contributed by atoms with van der Waals surface area (Å²) < 4.78 is 2.28. The molecule has 3 aromatic carbocycles. The zero-order valence-corrected chi connectivity index (χ0v) is 18.0. The molecule has 31 heavy (non-hydrogen) atoms. The van der Waals surface area contributed by atoms with E-state index in [0.717, 1.165) is 35.9 Å². The second kappa shape index (κ2) is 11.7. The largest absolute Gasteiger partial charge is 0.545 e. The molecule has 0 spiro atoms. The molecule has 0 unspecified atom stereocenters. The fraction of sp³-hybridized carbons (Fsp3) is 0.214. The number of carboxylic acids is 1. The van der Waals surface area contributed by atoms with Crippen molar-refractivity contribution in [2.75, 3.05) is 6.54 Å². The highest BCUT2D eigenvalue weighted by atomic mass is 16.4. The van der Waals surface area contributed by atoms with Gasteiger partial charge in [0.05, 0.1) is 5.97 Å². The summed E-state index contributed by atoms with van der Waals surface area (Å²) in [6.45, 7) is 3.16. The van der Waals surface area contributed by atoms with Crippen molar-refractivity contribution >= 4 is 23.9 Å². The number of hydrogen-bond donors (Lipinski definition) is 0. The molecule has 3 aromatic rings. The summed E-state index contributed by atoms with van der Waals surface area (Å²) in [6.07, 6.45) is 9.58. The Morgan fingerprint density at radius 3 is 2.10 bits per heavy atom. The van der Waals surface area contributed by atoms with Crippen LogP contribution in [-0.4, -0.2) is 23.3 Å². The maximum atomic E-state index is 10.6. The third-order valence-electron chi connectivity index (χ3n) is 5.21. The number of carbonyl (C=O) groups excluding carboxylic acids is 1. The molecule has 0 bridgehead atoms. The molecule has 0 fully saturated rings. The Morgan fingerprint density at radius 2 is 1.45 bits per heavy atom. The minimum atomic E-state index is -1.19. The molecule has 0 aliphatic heterocycles. The molecule has 0 heterocycles. The number of aliphatic carboxylic acids is 1. The van der Waals surface area contributed by atoms with Gasteiger partial charge in [-0.15, -0.1) is 0 Å². The third kappa shape index (κ3) is 7.07. The molecule has 0 saturated carbocycles. The molecule has 3 rings (SSSR count). The molecular formula is C28H29NO2. The second-order valence-corrected chi connectivity index (χ2v) is 7.62. The average molecular weight is 412 g/mol. The Hall–Kier alpha value is -3.46. The van der Waals surface area contributed by atoms with Gasteiger partial charge in [0, 0.05) is 24.1 Å². The van der Waals surface area contributed by atoms with Crippen LogP contribution in [0.15, 0.2) is 84.9 Å². The van der Waals surface area contributed by atoms with E-state index in [4.69, 9.17) is 0 Å². The lowest BCUT2D eigenvalue weighted by Gasteiger charge is -2.06. The summed E-state index contributed by atoms with van der Waals surface area (Å²) in [5, 5.41) is 10.6. The summed E-state index contributed by atoms with van der Waals surface area (Å²) in [5.74, 6) is -1.19. The number of rotatable bonds is 10. The van der Waals surface area contributed by atoms with Crippen molar-refractivity contribution in [2.45, 2.75) is 32.6 Å². The number of carbonyl (C=O) groups is 1. The third-order valence-corrected chi connectivity index (χ3v) is 5.21. The lowest BCUT2D eigenvalue weighted by molar-refractivity contribution is -0.436. The molecule has 0 aliphatic rings. The lowest BCUT2D eigenvalue weighted by atomic mass is 10.0. The van der Waals surface area contributed by atoms with E-state index in [-0.39, 0.29) is 0 Å². The van der Waals surface area contributed by atoms with E-state index in [0.29, 0.717) is 0 Å². The van der Waals surface area contributed by atoms with E-state index in [1.54, 1.807) is 6.08 Å². The van der Waals surface area contributed by atoms with Gasteiger partial charge >= 0.3 is 0 Å². The van der Waals surface area contributed by atoms with Gasteiger partial charge in [-0.2, -0.15) is 4.58 Å². The van der Waals surface area contributed by atoms with Crippen LogP contribution < -0.4 is 5.11 Å². The standard InChI is InChI=1S/C28H29NO2/c1-2-3-4-8-21-29(27-18-13-23(14-19-27)15-20-28(30)31)22-24-11-16-26(17-12-24)25-9-6-5-7-10-25/h5-7,9-20,22H,2-4,8,21H2,1H3. The molecule has 0 aliphatic carbocycles. The lowest BCUT2D eigenvalue weighted by Crippen LogP contribution is -2.18. The van der Waals surface area contributed by atoms with Gasteiger partial charge in [-0.3, -0.25) is 0 Å². The summed E-state index contributed by atoms with van der Waals surface area (Å²) in [7, 11) is 0. The molecule has 3 nitrogen and oxygen atoms in total. The zero-order valence-electron chi connectivity index (χ0n) is 18.0. The maximum Gasteiger partial charge on any atom is 0.205 e. The molecule has 158 valence electrons. The molecule has 0 radical (unpaired) electrons. The minimum Gasteiger partial charge on any atom is -0.545 e.